The maximum atomic E-state index is 11.6. The molecule has 8 nitrogen and oxygen atoms in total. The van der Waals surface area contributed by atoms with E-state index in [2.05, 4.69) is 21.9 Å². The Morgan fingerprint density at radius 2 is 1.68 bits per heavy atom. The van der Waals surface area contributed by atoms with Crippen molar-refractivity contribution in [3.8, 4) is 5.75 Å². The summed E-state index contributed by atoms with van der Waals surface area (Å²) in [6.07, 6.45) is 0. The Kier molecular flexibility index (Phi) is 4.88. The zero-order chi connectivity index (χ0) is 20.6. The molecule has 0 bridgehead atoms. The van der Waals surface area contributed by atoms with Gasteiger partial charge in [0.2, 0.25) is 0 Å². The van der Waals surface area contributed by atoms with Crippen LogP contribution in [0.3, 0.4) is 0 Å². The van der Waals surface area contributed by atoms with E-state index in [1.54, 1.807) is 25.1 Å². The predicted octanol–water partition coefficient (Wildman–Crippen LogP) is 4.74. The zero-order valence-corrected chi connectivity index (χ0v) is 16.0. The van der Waals surface area contributed by atoms with Crippen LogP contribution in [0.5, 0.6) is 5.75 Å². The van der Waals surface area contributed by atoms with Gasteiger partial charge in [-0.25, -0.2) is 0 Å². The maximum absolute atomic E-state index is 11.6. The number of rotatable bonds is 4. The number of aliphatic imine (C=N–C) groups is 1. The molecule has 4 N–H and O–H groups in total. The standard InChI is InChI=1S/C19H18N4O4S/c1-10-4-6-13(7-5-10)22-23-17-11(2)8-12-9-14(28(25,26)27)18(21-3)16(20)15(12)19(17)24/h4-9,24H,3,20H2,1-2H3,(H,25,26,27). The maximum Gasteiger partial charge on any atom is 0.296 e. The first kappa shape index (κ1) is 19.5. The van der Waals surface area contributed by atoms with Gasteiger partial charge in [-0.15, -0.1) is 5.11 Å². The summed E-state index contributed by atoms with van der Waals surface area (Å²) in [5.74, 6) is -0.268. The Morgan fingerprint density at radius 3 is 2.25 bits per heavy atom. The number of phenolic OH excluding ortho intramolecular Hbond substituents is 1. The van der Waals surface area contributed by atoms with Crippen molar-refractivity contribution < 1.29 is 18.1 Å². The largest absolute Gasteiger partial charge is 0.505 e. The second kappa shape index (κ2) is 7.02. The highest BCUT2D eigenvalue weighted by Crippen LogP contribution is 2.46. The van der Waals surface area contributed by atoms with Crippen LogP contribution in [0.2, 0.25) is 0 Å². The van der Waals surface area contributed by atoms with Gasteiger partial charge in [0.25, 0.3) is 10.1 Å². The molecule has 28 heavy (non-hydrogen) atoms. The minimum absolute atomic E-state index is 0.135. The fraction of sp³-hybridized carbons (Fsp3) is 0.105. The van der Waals surface area contributed by atoms with Crippen molar-refractivity contribution in [3.05, 3.63) is 47.5 Å². The van der Waals surface area contributed by atoms with Crippen LogP contribution in [0.1, 0.15) is 11.1 Å². The molecule has 144 valence electrons. The van der Waals surface area contributed by atoms with Gasteiger partial charge in [-0.3, -0.25) is 9.55 Å². The fourth-order valence-electron chi connectivity index (χ4n) is 2.88. The first-order valence-electron chi connectivity index (χ1n) is 8.15. The van der Waals surface area contributed by atoms with Crippen LogP contribution in [0.4, 0.5) is 22.7 Å². The Bertz CT molecular complexity index is 1230. The topological polar surface area (TPSA) is 138 Å². The average molecular weight is 398 g/mol. The highest BCUT2D eigenvalue weighted by Gasteiger charge is 2.23. The first-order valence-corrected chi connectivity index (χ1v) is 9.59. The van der Waals surface area contributed by atoms with E-state index in [4.69, 9.17) is 5.73 Å². The number of azo groups is 1. The number of nitrogens with zero attached hydrogens (tertiary/aromatic N) is 3. The molecular weight excluding hydrogens is 380 g/mol. The smallest absolute Gasteiger partial charge is 0.296 e. The van der Waals surface area contributed by atoms with Crippen molar-refractivity contribution in [1.29, 1.82) is 0 Å². The molecule has 0 aliphatic heterocycles. The Balaban J connectivity index is 2.26. The van der Waals surface area contributed by atoms with Gasteiger partial charge in [0.1, 0.15) is 16.3 Å². The van der Waals surface area contributed by atoms with Gasteiger partial charge in [0.15, 0.2) is 5.75 Å². The molecule has 0 aromatic heterocycles. The van der Waals surface area contributed by atoms with E-state index < -0.39 is 15.0 Å². The lowest BCUT2D eigenvalue weighted by atomic mass is 10.0. The van der Waals surface area contributed by atoms with Gasteiger partial charge in [-0.05, 0) is 55.8 Å². The van der Waals surface area contributed by atoms with E-state index in [1.165, 1.54) is 6.07 Å². The quantitative estimate of drug-likeness (QED) is 0.252. The molecule has 0 fully saturated rings. The lowest BCUT2D eigenvalue weighted by Gasteiger charge is -2.13. The van der Waals surface area contributed by atoms with Crippen LogP contribution in [0.25, 0.3) is 10.8 Å². The molecule has 0 saturated heterocycles. The third kappa shape index (κ3) is 3.45. The zero-order valence-electron chi connectivity index (χ0n) is 15.2. The molecule has 9 heteroatoms. The van der Waals surface area contributed by atoms with Crippen molar-refractivity contribution in [2.45, 2.75) is 18.7 Å². The first-order chi connectivity index (χ1) is 13.1. The fourth-order valence-corrected chi connectivity index (χ4v) is 3.57. The van der Waals surface area contributed by atoms with E-state index in [1.807, 2.05) is 19.1 Å². The van der Waals surface area contributed by atoms with Crippen molar-refractivity contribution in [3.63, 3.8) is 0 Å². The number of hydrogen-bond acceptors (Lipinski definition) is 7. The van der Waals surface area contributed by atoms with E-state index in [0.29, 0.717) is 16.6 Å². The van der Waals surface area contributed by atoms with Crippen LogP contribution in [0.15, 0.2) is 56.5 Å². The monoisotopic (exact) mass is 398 g/mol. The summed E-state index contributed by atoms with van der Waals surface area (Å²) in [5.41, 5.74) is 8.07. The molecular formula is C19H18N4O4S. The molecule has 0 aliphatic rings. The number of fused-ring (bicyclic) bond motifs is 1. The van der Waals surface area contributed by atoms with E-state index in [9.17, 15) is 18.1 Å². The molecule has 0 radical (unpaired) electrons. The molecule has 0 amide bonds. The number of nitrogen functional groups attached to an aromatic ring is 1. The highest BCUT2D eigenvalue weighted by atomic mass is 32.2. The minimum Gasteiger partial charge on any atom is -0.505 e. The molecule has 0 spiro atoms. The number of aromatic hydroxyl groups is 1. The lowest BCUT2D eigenvalue weighted by molar-refractivity contribution is 0.480. The normalized spacial score (nSPS) is 12.0. The molecule has 3 aromatic carbocycles. The summed E-state index contributed by atoms with van der Waals surface area (Å²) in [6, 6.07) is 10.1. The molecule has 0 unspecified atom stereocenters. The minimum atomic E-state index is -4.58. The molecule has 0 heterocycles. The summed E-state index contributed by atoms with van der Waals surface area (Å²) < 4.78 is 32.7. The van der Waals surface area contributed by atoms with Crippen LogP contribution < -0.4 is 5.73 Å². The molecule has 0 atom stereocenters. The van der Waals surface area contributed by atoms with E-state index in [-0.39, 0.29) is 28.2 Å². The van der Waals surface area contributed by atoms with Crippen LogP contribution in [-0.4, -0.2) is 24.8 Å². The third-order valence-electron chi connectivity index (χ3n) is 4.28. The second-order valence-corrected chi connectivity index (χ2v) is 7.68. The van der Waals surface area contributed by atoms with Crippen LogP contribution in [0, 0.1) is 13.8 Å². The van der Waals surface area contributed by atoms with Gasteiger partial charge in [-0.1, -0.05) is 17.7 Å². The molecule has 3 rings (SSSR count). The van der Waals surface area contributed by atoms with Crippen molar-refractivity contribution in [1.82, 2.24) is 0 Å². The summed E-state index contributed by atoms with van der Waals surface area (Å²) >= 11 is 0. The van der Waals surface area contributed by atoms with Crippen molar-refractivity contribution in [2.24, 2.45) is 15.2 Å². The van der Waals surface area contributed by atoms with Gasteiger partial charge in [-0.2, -0.15) is 13.5 Å². The predicted molar refractivity (Wildman–Crippen MR) is 109 cm³/mol. The summed E-state index contributed by atoms with van der Waals surface area (Å²) in [4.78, 5) is 3.12. The highest BCUT2D eigenvalue weighted by molar-refractivity contribution is 7.86. The Morgan fingerprint density at radius 1 is 1.04 bits per heavy atom. The summed E-state index contributed by atoms with van der Waals surface area (Å²) in [7, 11) is -4.58. The van der Waals surface area contributed by atoms with Crippen LogP contribution in [-0.2, 0) is 10.1 Å². The van der Waals surface area contributed by atoms with Gasteiger partial charge in [0, 0.05) is 0 Å². The molecule has 3 aromatic rings. The second-order valence-electron chi connectivity index (χ2n) is 6.29. The van der Waals surface area contributed by atoms with E-state index in [0.717, 1.165) is 5.56 Å². The lowest BCUT2D eigenvalue weighted by Crippen LogP contribution is -2.02. The summed E-state index contributed by atoms with van der Waals surface area (Å²) in [5, 5.41) is 19.5. The van der Waals surface area contributed by atoms with Crippen molar-refractivity contribution in [2.75, 3.05) is 5.73 Å². The average Bonchev–Trinajstić information content (AvgIpc) is 2.61. The van der Waals surface area contributed by atoms with Gasteiger partial charge in [0.05, 0.1) is 16.8 Å². The van der Waals surface area contributed by atoms with Gasteiger partial charge >= 0.3 is 0 Å². The summed E-state index contributed by atoms with van der Waals surface area (Å²) in [6.45, 7) is 6.94. The van der Waals surface area contributed by atoms with Gasteiger partial charge < -0.3 is 10.8 Å². The number of hydrogen-bond donors (Lipinski definition) is 3. The molecule has 0 saturated carbocycles. The number of benzene rings is 3. The third-order valence-corrected chi connectivity index (χ3v) is 5.14. The number of anilines is 1. The number of nitrogens with two attached hydrogens (primary N) is 1. The van der Waals surface area contributed by atoms with Crippen LogP contribution >= 0.6 is 0 Å². The van der Waals surface area contributed by atoms with Crippen molar-refractivity contribution >= 4 is 50.4 Å². The SMILES string of the molecule is C=Nc1c(S(=O)(=O)O)cc2cc(C)c(N=Nc3ccc(C)cc3)c(O)c2c1N. The number of aryl methyl sites for hydroxylation is 2. The van der Waals surface area contributed by atoms with E-state index >= 15 is 0 Å². The molecule has 0 aliphatic carbocycles. The Hall–Kier alpha value is -3.30. The number of phenols is 1. The Labute approximate surface area is 161 Å².